The van der Waals surface area contributed by atoms with Crippen LogP contribution in [0.5, 0.6) is 0 Å². The molecule has 3 heterocycles. The van der Waals surface area contributed by atoms with Crippen LogP contribution in [-0.4, -0.2) is 27.6 Å². The summed E-state index contributed by atoms with van der Waals surface area (Å²) in [5.41, 5.74) is 4.26. The van der Waals surface area contributed by atoms with E-state index in [0.717, 1.165) is 31.4 Å². The van der Waals surface area contributed by atoms with Crippen LogP contribution in [0, 0.1) is 0 Å². The lowest BCUT2D eigenvalue weighted by atomic mass is 9.98. The third kappa shape index (κ3) is 3.94. The number of rotatable bonds is 3. The van der Waals surface area contributed by atoms with E-state index in [1.807, 2.05) is 12.3 Å². The zero-order chi connectivity index (χ0) is 16.1. The zero-order valence-electron chi connectivity index (χ0n) is 12.6. The quantitative estimate of drug-likeness (QED) is 0.842. The molecule has 1 aliphatic rings. The lowest BCUT2D eigenvalue weighted by molar-refractivity contribution is 0.0932. The van der Waals surface area contributed by atoms with Gasteiger partial charge in [-0.1, -0.05) is 12.5 Å². The topological polar surface area (TPSA) is 70.4 Å². The Balaban J connectivity index is 1.63. The van der Waals surface area contributed by atoms with Crippen LogP contribution in [-0.2, 0) is 0 Å². The molecule has 0 radical (unpaired) electrons. The Morgan fingerprint density at radius 1 is 1.35 bits per heavy atom. The van der Waals surface area contributed by atoms with Gasteiger partial charge in [0, 0.05) is 18.9 Å². The minimum absolute atomic E-state index is 0.191. The van der Waals surface area contributed by atoms with Gasteiger partial charge in [0.25, 0.3) is 5.91 Å². The Labute approximate surface area is 139 Å². The van der Waals surface area contributed by atoms with Crippen molar-refractivity contribution >= 4 is 23.2 Å². The van der Waals surface area contributed by atoms with Crippen molar-refractivity contribution in [2.45, 2.75) is 25.3 Å². The fourth-order valence-corrected chi connectivity index (χ4v) is 2.93. The van der Waals surface area contributed by atoms with Crippen molar-refractivity contribution in [3.63, 3.8) is 0 Å². The van der Waals surface area contributed by atoms with Crippen LogP contribution in [0.2, 0.25) is 0 Å². The van der Waals surface area contributed by atoms with Crippen molar-refractivity contribution in [1.82, 2.24) is 20.7 Å². The molecule has 0 bridgehead atoms. The average molecular weight is 330 g/mol. The van der Waals surface area contributed by atoms with E-state index in [0.29, 0.717) is 0 Å². The van der Waals surface area contributed by atoms with Crippen molar-refractivity contribution in [2.24, 2.45) is 0 Å². The van der Waals surface area contributed by atoms with E-state index in [-0.39, 0.29) is 22.8 Å². The predicted octanol–water partition coefficient (Wildman–Crippen LogP) is 2.42. The molecule has 120 valence electrons. The molecule has 2 aromatic heterocycles. The molecule has 1 atom stereocenters. The summed E-state index contributed by atoms with van der Waals surface area (Å²) in [7, 11) is 0. The first-order valence-electron chi connectivity index (χ1n) is 7.56. The number of nitrogens with one attached hydrogen (secondary N) is 2. The van der Waals surface area contributed by atoms with Crippen molar-refractivity contribution in [3.8, 4) is 0 Å². The van der Waals surface area contributed by atoms with Gasteiger partial charge in [-0.3, -0.25) is 20.5 Å². The number of thiocarbonyl (C=S) groups is 1. The second-order valence-corrected chi connectivity index (χ2v) is 5.77. The molecule has 1 amide bonds. The van der Waals surface area contributed by atoms with E-state index >= 15 is 0 Å². The van der Waals surface area contributed by atoms with Crippen molar-refractivity contribution < 1.29 is 9.21 Å². The van der Waals surface area contributed by atoms with Gasteiger partial charge in [-0.05, 0) is 48.8 Å². The zero-order valence-corrected chi connectivity index (χ0v) is 13.4. The number of amides is 1. The summed E-state index contributed by atoms with van der Waals surface area (Å²) in [5, 5.41) is 4.96. The second-order valence-electron chi connectivity index (χ2n) is 5.36. The van der Waals surface area contributed by atoms with Crippen LogP contribution in [0.25, 0.3) is 0 Å². The fourth-order valence-electron chi connectivity index (χ4n) is 2.72. The van der Waals surface area contributed by atoms with Crippen LogP contribution in [0.1, 0.15) is 41.4 Å². The Morgan fingerprint density at radius 2 is 2.26 bits per heavy atom. The Morgan fingerprint density at radius 3 is 3.00 bits per heavy atom. The number of carbonyl (C=O) groups is 1. The summed E-state index contributed by atoms with van der Waals surface area (Å²) in [4.78, 5) is 16.1. The maximum absolute atomic E-state index is 11.9. The molecule has 3 rings (SSSR count). The number of hydrogen-bond donors (Lipinski definition) is 2. The summed E-state index contributed by atoms with van der Waals surface area (Å²) in [6.45, 7) is 0.857. The number of hydrogen-bond acceptors (Lipinski definition) is 5. The molecular weight excluding hydrogens is 312 g/mol. The van der Waals surface area contributed by atoms with Crippen LogP contribution in [0.4, 0.5) is 0 Å². The third-order valence-electron chi connectivity index (χ3n) is 3.79. The van der Waals surface area contributed by atoms with E-state index in [2.05, 4.69) is 26.8 Å². The minimum Gasteiger partial charge on any atom is -0.459 e. The maximum atomic E-state index is 11.9. The predicted molar refractivity (Wildman–Crippen MR) is 89.4 cm³/mol. The lowest BCUT2D eigenvalue weighted by Gasteiger charge is -2.36. The fraction of sp³-hybridized carbons (Fsp3) is 0.312. The number of pyridine rings is 1. The molecule has 1 unspecified atom stereocenters. The maximum Gasteiger partial charge on any atom is 0.293 e. The van der Waals surface area contributed by atoms with Crippen LogP contribution < -0.4 is 10.7 Å². The van der Waals surface area contributed by atoms with Gasteiger partial charge in [-0.15, -0.1) is 0 Å². The molecule has 7 heteroatoms. The SMILES string of the molecule is O=C(NC(=S)NN1CCCCC1c1cccnc1)c1ccco1. The molecule has 23 heavy (non-hydrogen) atoms. The first kappa shape index (κ1) is 15.6. The van der Waals surface area contributed by atoms with E-state index in [9.17, 15) is 4.79 Å². The number of carbonyl (C=O) groups excluding carboxylic acids is 1. The standard InChI is InChI=1S/C16H18N4O2S/c21-15(14-7-4-10-22-14)18-16(23)19-20-9-2-1-6-13(20)12-5-3-8-17-11-12/h3-5,7-8,10-11,13H,1-2,6,9H2,(H2,18,19,21,23). The number of hydrazine groups is 1. The Bertz CT molecular complexity index is 660. The largest absolute Gasteiger partial charge is 0.459 e. The van der Waals surface area contributed by atoms with E-state index < -0.39 is 0 Å². The molecule has 2 N–H and O–H groups in total. The molecular formula is C16H18N4O2S. The monoisotopic (exact) mass is 330 g/mol. The van der Waals surface area contributed by atoms with Gasteiger partial charge in [0.1, 0.15) is 0 Å². The highest BCUT2D eigenvalue weighted by Crippen LogP contribution is 2.28. The highest BCUT2D eigenvalue weighted by molar-refractivity contribution is 7.80. The summed E-state index contributed by atoms with van der Waals surface area (Å²) in [6.07, 6.45) is 8.34. The van der Waals surface area contributed by atoms with Crippen LogP contribution in [0.3, 0.4) is 0 Å². The smallest absolute Gasteiger partial charge is 0.293 e. The Hall–Kier alpha value is -2.25. The van der Waals surface area contributed by atoms with Gasteiger partial charge in [0.05, 0.1) is 12.3 Å². The molecule has 0 spiro atoms. The highest BCUT2D eigenvalue weighted by Gasteiger charge is 2.25. The first-order chi connectivity index (χ1) is 11.2. The molecule has 2 aromatic rings. The van der Waals surface area contributed by atoms with Crippen molar-refractivity contribution in [3.05, 3.63) is 54.2 Å². The van der Waals surface area contributed by atoms with E-state index in [1.54, 1.807) is 18.3 Å². The van der Waals surface area contributed by atoms with Crippen molar-refractivity contribution in [1.29, 1.82) is 0 Å². The lowest BCUT2D eigenvalue weighted by Crippen LogP contribution is -2.51. The molecule has 1 fully saturated rings. The van der Waals surface area contributed by atoms with E-state index in [4.69, 9.17) is 16.6 Å². The van der Waals surface area contributed by atoms with Gasteiger partial charge in [-0.2, -0.15) is 0 Å². The van der Waals surface area contributed by atoms with E-state index in [1.165, 1.54) is 6.26 Å². The number of furan rings is 1. The van der Waals surface area contributed by atoms with Crippen molar-refractivity contribution in [2.75, 3.05) is 6.54 Å². The summed E-state index contributed by atoms with van der Waals surface area (Å²) in [6, 6.07) is 7.43. The van der Waals surface area contributed by atoms with Gasteiger partial charge < -0.3 is 4.42 Å². The molecule has 0 saturated carbocycles. The second kappa shape index (κ2) is 7.34. The highest BCUT2D eigenvalue weighted by atomic mass is 32.1. The van der Waals surface area contributed by atoms with Crippen LogP contribution in [0.15, 0.2) is 47.3 Å². The summed E-state index contributed by atoms with van der Waals surface area (Å²) >= 11 is 5.25. The third-order valence-corrected chi connectivity index (χ3v) is 3.98. The molecule has 6 nitrogen and oxygen atoms in total. The Kier molecular flexibility index (Phi) is 4.99. The number of aromatic nitrogens is 1. The molecule has 0 aliphatic carbocycles. The van der Waals surface area contributed by atoms with Crippen LogP contribution >= 0.6 is 12.2 Å². The van der Waals surface area contributed by atoms with Gasteiger partial charge >= 0.3 is 0 Å². The minimum atomic E-state index is -0.359. The molecule has 1 saturated heterocycles. The van der Waals surface area contributed by atoms with Gasteiger partial charge in [0.2, 0.25) is 0 Å². The number of nitrogens with zero attached hydrogens (tertiary/aromatic N) is 2. The van der Waals surface area contributed by atoms with Gasteiger partial charge in [0.15, 0.2) is 10.9 Å². The summed E-state index contributed by atoms with van der Waals surface area (Å²) in [5.74, 6) is -0.126. The molecule has 1 aliphatic heterocycles. The normalized spacial score (nSPS) is 18.3. The molecule has 0 aromatic carbocycles. The average Bonchev–Trinajstić information content (AvgIpc) is 3.11. The number of piperidine rings is 1. The first-order valence-corrected chi connectivity index (χ1v) is 7.97. The summed E-state index contributed by atoms with van der Waals surface area (Å²) < 4.78 is 5.06. The van der Waals surface area contributed by atoms with Gasteiger partial charge in [-0.25, -0.2) is 5.01 Å².